The molecule has 0 aromatic carbocycles. The molecule has 0 spiro atoms. The first-order chi connectivity index (χ1) is 9.77. The van der Waals surface area contributed by atoms with Gasteiger partial charge >= 0.3 is 0 Å². The fourth-order valence-corrected chi connectivity index (χ4v) is 3.49. The van der Waals surface area contributed by atoms with Crippen LogP contribution >= 0.6 is 0 Å². The molecule has 3 N–H and O–H groups in total. The lowest BCUT2D eigenvalue weighted by Gasteiger charge is -2.23. The highest BCUT2D eigenvalue weighted by molar-refractivity contribution is 5.79. The first-order valence-corrected chi connectivity index (χ1v) is 8.53. The van der Waals surface area contributed by atoms with Gasteiger partial charge in [-0.1, -0.05) is 32.1 Å². The van der Waals surface area contributed by atoms with Gasteiger partial charge in [0, 0.05) is 19.1 Å². The fraction of sp³-hybridized carbons (Fsp3) is 0.938. The Morgan fingerprint density at radius 3 is 2.40 bits per heavy atom. The van der Waals surface area contributed by atoms with Gasteiger partial charge in [0.15, 0.2) is 0 Å². The van der Waals surface area contributed by atoms with Crippen LogP contribution < -0.4 is 11.1 Å². The van der Waals surface area contributed by atoms with Crippen molar-refractivity contribution in [1.82, 2.24) is 10.2 Å². The van der Waals surface area contributed by atoms with Crippen LogP contribution in [-0.2, 0) is 4.79 Å². The molecule has 2 unspecified atom stereocenters. The second-order valence-corrected chi connectivity index (χ2v) is 6.46. The lowest BCUT2D eigenvalue weighted by Crippen LogP contribution is -2.43. The SMILES string of the molecule is NC1CCCCCC1C(=O)NCCN1CCCCCC1. The molecule has 0 radical (unpaired) electrons. The molecule has 2 fully saturated rings. The van der Waals surface area contributed by atoms with Crippen LogP contribution in [0.4, 0.5) is 0 Å². The summed E-state index contributed by atoms with van der Waals surface area (Å²) in [4.78, 5) is 14.7. The Kier molecular flexibility index (Phi) is 6.80. The predicted molar refractivity (Wildman–Crippen MR) is 82.5 cm³/mol. The molecule has 116 valence electrons. The molecular formula is C16H31N3O. The zero-order valence-electron chi connectivity index (χ0n) is 12.8. The first kappa shape index (κ1) is 15.8. The maximum absolute atomic E-state index is 12.3. The third kappa shape index (κ3) is 5.06. The molecule has 1 heterocycles. The molecule has 0 aromatic heterocycles. The Balaban J connectivity index is 1.68. The summed E-state index contributed by atoms with van der Waals surface area (Å²) >= 11 is 0. The summed E-state index contributed by atoms with van der Waals surface area (Å²) in [5.74, 6) is 0.232. The van der Waals surface area contributed by atoms with Crippen molar-refractivity contribution < 1.29 is 4.79 Å². The van der Waals surface area contributed by atoms with Gasteiger partial charge in [-0.3, -0.25) is 4.79 Å². The van der Waals surface area contributed by atoms with E-state index in [0.29, 0.717) is 0 Å². The van der Waals surface area contributed by atoms with E-state index in [0.717, 1.165) is 32.4 Å². The molecule has 1 aliphatic carbocycles. The van der Waals surface area contributed by atoms with Crippen molar-refractivity contribution in [3.8, 4) is 0 Å². The van der Waals surface area contributed by atoms with Crippen LogP contribution in [0.2, 0.25) is 0 Å². The highest BCUT2D eigenvalue weighted by atomic mass is 16.1. The van der Waals surface area contributed by atoms with E-state index >= 15 is 0 Å². The number of hydrogen-bond donors (Lipinski definition) is 2. The number of amides is 1. The molecule has 4 heteroatoms. The number of carbonyl (C=O) groups excluding carboxylic acids is 1. The molecule has 0 aromatic rings. The zero-order valence-corrected chi connectivity index (χ0v) is 12.8. The molecule has 1 aliphatic heterocycles. The quantitative estimate of drug-likeness (QED) is 0.774. The van der Waals surface area contributed by atoms with E-state index in [9.17, 15) is 4.79 Å². The number of nitrogens with one attached hydrogen (secondary N) is 1. The van der Waals surface area contributed by atoms with E-state index in [2.05, 4.69) is 10.2 Å². The van der Waals surface area contributed by atoms with E-state index in [1.807, 2.05) is 0 Å². The Morgan fingerprint density at radius 1 is 1.00 bits per heavy atom. The van der Waals surface area contributed by atoms with E-state index in [1.54, 1.807) is 0 Å². The van der Waals surface area contributed by atoms with Crippen molar-refractivity contribution in [2.75, 3.05) is 26.2 Å². The van der Waals surface area contributed by atoms with E-state index < -0.39 is 0 Å². The van der Waals surface area contributed by atoms with Crippen LogP contribution in [0, 0.1) is 5.92 Å². The van der Waals surface area contributed by atoms with Crippen molar-refractivity contribution in [3.63, 3.8) is 0 Å². The summed E-state index contributed by atoms with van der Waals surface area (Å²) in [5, 5.41) is 3.12. The lowest BCUT2D eigenvalue weighted by atomic mass is 9.94. The maximum atomic E-state index is 12.3. The molecule has 1 saturated heterocycles. The van der Waals surface area contributed by atoms with Gasteiger partial charge in [-0.05, 0) is 38.8 Å². The van der Waals surface area contributed by atoms with Crippen molar-refractivity contribution in [3.05, 3.63) is 0 Å². The Labute approximate surface area is 123 Å². The smallest absolute Gasteiger partial charge is 0.224 e. The van der Waals surface area contributed by atoms with Crippen molar-refractivity contribution in [1.29, 1.82) is 0 Å². The number of nitrogens with zero attached hydrogens (tertiary/aromatic N) is 1. The van der Waals surface area contributed by atoms with Gasteiger partial charge in [0.1, 0.15) is 0 Å². The Hall–Kier alpha value is -0.610. The molecule has 4 nitrogen and oxygen atoms in total. The number of likely N-dealkylation sites (tertiary alicyclic amines) is 1. The second kappa shape index (κ2) is 8.63. The van der Waals surface area contributed by atoms with E-state index in [1.165, 1.54) is 51.6 Å². The maximum Gasteiger partial charge on any atom is 0.224 e. The summed E-state index contributed by atoms with van der Waals surface area (Å²) in [5.41, 5.74) is 6.14. The van der Waals surface area contributed by atoms with Crippen LogP contribution in [0.1, 0.15) is 57.8 Å². The normalized spacial score (nSPS) is 29.4. The highest BCUT2D eigenvalue weighted by Gasteiger charge is 2.26. The Morgan fingerprint density at radius 2 is 1.65 bits per heavy atom. The minimum absolute atomic E-state index is 0.0432. The number of hydrogen-bond acceptors (Lipinski definition) is 3. The van der Waals surface area contributed by atoms with Crippen molar-refractivity contribution in [2.45, 2.75) is 63.8 Å². The predicted octanol–water partition coefficient (Wildman–Crippen LogP) is 1.89. The molecule has 20 heavy (non-hydrogen) atoms. The summed E-state index contributed by atoms with van der Waals surface area (Å²) in [7, 11) is 0. The van der Waals surface area contributed by atoms with Crippen LogP contribution in [0.25, 0.3) is 0 Å². The number of nitrogens with two attached hydrogens (primary N) is 1. The summed E-state index contributed by atoms with van der Waals surface area (Å²) < 4.78 is 0. The molecule has 1 amide bonds. The molecule has 1 saturated carbocycles. The Bertz CT molecular complexity index is 287. The van der Waals surface area contributed by atoms with Crippen molar-refractivity contribution >= 4 is 5.91 Å². The fourth-order valence-electron chi connectivity index (χ4n) is 3.49. The molecule has 2 aliphatic rings. The third-order valence-electron chi connectivity index (χ3n) is 4.83. The molecule has 2 rings (SSSR count). The average Bonchev–Trinajstić information content (AvgIpc) is 2.81. The molecule has 2 atom stereocenters. The van der Waals surface area contributed by atoms with Gasteiger partial charge < -0.3 is 16.0 Å². The first-order valence-electron chi connectivity index (χ1n) is 8.53. The van der Waals surface area contributed by atoms with Crippen molar-refractivity contribution in [2.24, 2.45) is 11.7 Å². The van der Waals surface area contributed by atoms with E-state index in [-0.39, 0.29) is 17.9 Å². The van der Waals surface area contributed by atoms with Crippen LogP contribution in [-0.4, -0.2) is 43.0 Å². The van der Waals surface area contributed by atoms with Gasteiger partial charge in [0.2, 0.25) is 5.91 Å². The topological polar surface area (TPSA) is 58.4 Å². The van der Waals surface area contributed by atoms with E-state index in [4.69, 9.17) is 5.73 Å². The number of carbonyl (C=O) groups is 1. The highest BCUT2D eigenvalue weighted by Crippen LogP contribution is 2.22. The minimum Gasteiger partial charge on any atom is -0.355 e. The average molecular weight is 281 g/mol. The van der Waals surface area contributed by atoms with Gasteiger partial charge in [-0.2, -0.15) is 0 Å². The standard InChI is InChI=1S/C16H31N3O/c17-15-9-5-3-4-8-14(15)16(20)18-10-13-19-11-6-1-2-7-12-19/h14-15H,1-13,17H2,(H,18,20). The number of rotatable bonds is 4. The second-order valence-electron chi connectivity index (χ2n) is 6.46. The summed E-state index contributed by atoms with van der Waals surface area (Å²) in [6, 6.07) is 0.0655. The van der Waals surface area contributed by atoms with Gasteiger partial charge in [-0.25, -0.2) is 0 Å². The van der Waals surface area contributed by atoms with Gasteiger partial charge in [0.25, 0.3) is 0 Å². The lowest BCUT2D eigenvalue weighted by molar-refractivity contribution is -0.125. The van der Waals surface area contributed by atoms with Crippen LogP contribution in [0.5, 0.6) is 0 Å². The van der Waals surface area contributed by atoms with Crippen LogP contribution in [0.15, 0.2) is 0 Å². The van der Waals surface area contributed by atoms with Gasteiger partial charge in [0.05, 0.1) is 5.92 Å². The zero-order chi connectivity index (χ0) is 14.2. The van der Waals surface area contributed by atoms with Gasteiger partial charge in [-0.15, -0.1) is 0 Å². The molecular weight excluding hydrogens is 250 g/mol. The summed E-state index contributed by atoms with van der Waals surface area (Å²) in [6.07, 6.45) is 10.9. The van der Waals surface area contributed by atoms with Crippen LogP contribution in [0.3, 0.4) is 0 Å². The monoisotopic (exact) mass is 281 g/mol. The largest absolute Gasteiger partial charge is 0.355 e. The summed E-state index contributed by atoms with van der Waals surface area (Å²) in [6.45, 7) is 4.16. The third-order valence-corrected chi connectivity index (χ3v) is 4.83. The minimum atomic E-state index is 0.0432. The molecule has 0 bridgehead atoms.